The molecule has 0 radical (unpaired) electrons. The average molecular weight is 298 g/mol. The Kier molecular flexibility index (Phi) is 5.31. The Balaban J connectivity index is 3.14. The Morgan fingerprint density at radius 3 is 2.63 bits per heavy atom. The van der Waals surface area contributed by atoms with Gasteiger partial charge < -0.3 is 0 Å². The van der Waals surface area contributed by atoms with Crippen molar-refractivity contribution in [3.63, 3.8) is 0 Å². The summed E-state index contributed by atoms with van der Waals surface area (Å²) >= 11 is 5.85. The van der Waals surface area contributed by atoms with E-state index >= 15 is 0 Å². The van der Waals surface area contributed by atoms with Gasteiger partial charge in [0.1, 0.15) is 4.90 Å². The quantitative estimate of drug-likeness (QED) is 0.901. The minimum absolute atomic E-state index is 0.0401. The van der Waals surface area contributed by atoms with Gasteiger partial charge >= 0.3 is 0 Å². The molecule has 1 aromatic rings. The smallest absolute Gasteiger partial charge is 0.207 e. The highest BCUT2D eigenvalue weighted by molar-refractivity contribution is 7.89. The lowest BCUT2D eigenvalue weighted by Gasteiger charge is -2.14. The van der Waals surface area contributed by atoms with Crippen LogP contribution in [0.5, 0.6) is 0 Å². The van der Waals surface area contributed by atoms with Gasteiger partial charge in [0.15, 0.2) is 0 Å². The third-order valence-electron chi connectivity index (χ3n) is 2.50. The zero-order valence-corrected chi connectivity index (χ0v) is 11.8. The van der Waals surface area contributed by atoms with E-state index in [-0.39, 0.29) is 21.9 Å². The topological polar surface area (TPSA) is 93.8 Å². The zero-order valence-electron chi connectivity index (χ0n) is 10.2. The monoisotopic (exact) mass is 297 g/mol. The fraction of sp³-hybridized carbons (Fsp3) is 0.333. The molecular formula is C12H12ClN3O2S. The van der Waals surface area contributed by atoms with Crippen molar-refractivity contribution < 1.29 is 8.42 Å². The van der Waals surface area contributed by atoms with Crippen LogP contribution in [0.2, 0.25) is 5.02 Å². The molecule has 0 saturated carbocycles. The summed E-state index contributed by atoms with van der Waals surface area (Å²) in [4.78, 5) is -0.149. The van der Waals surface area contributed by atoms with Gasteiger partial charge in [-0.3, -0.25) is 0 Å². The Morgan fingerprint density at radius 1 is 1.42 bits per heavy atom. The molecular weight excluding hydrogens is 286 g/mol. The van der Waals surface area contributed by atoms with Crippen molar-refractivity contribution >= 4 is 21.6 Å². The molecule has 1 atom stereocenters. The highest BCUT2D eigenvalue weighted by Crippen LogP contribution is 2.23. The Labute approximate surface area is 117 Å². The molecule has 0 fully saturated rings. The zero-order chi connectivity index (χ0) is 14.5. The van der Waals surface area contributed by atoms with Gasteiger partial charge in [-0.2, -0.15) is 10.5 Å². The van der Waals surface area contributed by atoms with Gasteiger partial charge in [0.05, 0.1) is 29.1 Å². The number of nitrogens with zero attached hydrogens (tertiary/aromatic N) is 2. The maximum atomic E-state index is 12.2. The molecule has 0 aliphatic carbocycles. The van der Waals surface area contributed by atoms with Crippen LogP contribution in [0, 0.1) is 22.7 Å². The van der Waals surface area contributed by atoms with Crippen LogP contribution in [-0.4, -0.2) is 14.5 Å². The molecule has 0 spiro atoms. The molecule has 1 rings (SSSR count). The summed E-state index contributed by atoms with van der Waals surface area (Å²) in [5.74, 6) is 0. The summed E-state index contributed by atoms with van der Waals surface area (Å²) in [6.07, 6.45) is 0.563. The average Bonchev–Trinajstić information content (AvgIpc) is 2.38. The van der Waals surface area contributed by atoms with E-state index in [9.17, 15) is 8.42 Å². The second-order valence-corrected chi connectivity index (χ2v) is 5.94. The van der Waals surface area contributed by atoms with E-state index in [0.29, 0.717) is 6.42 Å². The molecule has 1 N–H and O–H groups in total. The fourth-order valence-electron chi connectivity index (χ4n) is 1.44. The lowest BCUT2D eigenvalue weighted by Crippen LogP contribution is -2.34. The molecule has 0 amide bonds. The van der Waals surface area contributed by atoms with Crippen molar-refractivity contribution in [3.8, 4) is 12.1 Å². The van der Waals surface area contributed by atoms with Crippen molar-refractivity contribution in [1.29, 1.82) is 10.5 Å². The first-order valence-electron chi connectivity index (χ1n) is 5.53. The van der Waals surface area contributed by atoms with Crippen molar-refractivity contribution in [2.45, 2.75) is 30.7 Å². The summed E-state index contributed by atoms with van der Waals surface area (Å²) < 4.78 is 26.7. The molecule has 1 aromatic carbocycles. The van der Waals surface area contributed by atoms with Gasteiger partial charge in [0, 0.05) is 6.04 Å². The van der Waals surface area contributed by atoms with Gasteiger partial charge in [0.2, 0.25) is 10.0 Å². The minimum Gasteiger partial charge on any atom is -0.207 e. The number of nitrogens with one attached hydrogen (secondary N) is 1. The molecule has 0 bridgehead atoms. The second kappa shape index (κ2) is 6.53. The molecule has 19 heavy (non-hydrogen) atoms. The maximum Gasteiger partial charge on any atom is 0.242 e. The van der Waals surface area contributed by atoms with Gasteiger partial charge in [-0.1, -0.05) is 18.5 Å². The van der Waals surface area contributed by atoms with E-state index in [1.165, 1.54) is 18.2 Å². The first-order valence-corrected chi connectivity index (χ1v) is 7.39. The SMILES string of the molecule is CCC(CC#N)NS(=O)(=O)c1cc(C#N)ccc1Cl. The molecule has 1 unspecified atom stereocenters. The number of benzene rings is 1. The first kappa shape index (κ1) is 15.5. The fourth-order valence-corrected chi connectivity index (χ4v) is 3.29. The van der Waals surface area contributed by atoms with Gasteiger partial charge in [-0.15, -0.1) is 0 Å². The third kappa shape index (κ3) is 3.93. The molecule has 0 aromatic heterocycles. The van der Waals surface area contributed by atoms with Crippen molar-refractivity contribution in [2.75, 3.05) is 0 Å². The van der Waals surface area contributed by atoms with E-state index in [4.69, 9.17) is 22.1 Å². The van der Waals surface area contributed by atoms with E-state index in [1.807, 2.05) is 12.1 Å². The van der Waals surface area contributed by atoms with Crippen LogP contribution in [-0.2, 0) is 10.0 Å². The van der Waals surface area contributed by atoms with Crippen LogP contribution in [0.1, 0.15) is 25.3 Å². The number of halogens is 1. The molecule has 0 heterocycles. The number of hydrogen-bond acceptors (Lipinski definition) is 4. The highest BCUT2D eigenvalue weighted by Gasteiger charge is 2.22. The van der Waals surface area contributed by atoms with Crippen LogP contribution in [0.3, 0.4) is 0 Å². The Morgan fingerprint density at radius 2 is 2.11 bits per heavy atom. The summed E-state index contributed by atoms with van der Waals surface area (Å²) in [5.41, 5.74) is 0.207. The molecule has 100 valence electrons. The molecule has 5 nitrogen and oxygen atoms in total. The minimum atomic E-state index is -3.84. The molecule has 0 aliphatic heterocycles. The number of sulfonamides is 1. The normalized spacial score (nSPS) is 12.4. The van der Waals surface area contributed by atoms with Crippen LogP contribution in [0.15, 0.2) is 23.1 Å². The first-order chi connectivity index (χ1) is 8.94. The summed E-state index contributed by atoms with van der Waals surface area (Å²) in [7, 11) is -3.84. The molecule has 0 aliphatic rings. The number of nitriles is 2. The lowest BCUT2D eigenvalue weighted by atomic mass is 10.2. The second-order valence-electron chi connectivity index (χ2n) is 3.85. The van der Waals surface area contributed by atoms with Crippen LogP contribution in [0.4, 0.5) is 0 Å². The van der Waals surface area contributed by atoms with Crippen molar-refractivity contribution in [3.05, 3.63) is 28.8 Å². The van der Waals surface area contributed by atoms with Crippen LogP contribution < -0.4 is 4.72 Å². The van der Waals surface area contributed by atoms with E-state index < -0.39 is 16.1 Å². The van der Waals surface area contributed by atoms with E-state index in [1.54, 1.807) is 6.92 Å². The summed E-state index contributed by atoms with van der Waals surface area (Å²) in [6.45, 7) is 1.78. The lowest BCUT2D eigenvalue weighted by molar-refractivity contribution is 0.543. The standard InChI is InChI=1S/C12H12ClN3O2S/c1-2-10(5-6-14)16-19(17,18)12-7-9(8-15)3-4-11(12)13/h3-4,7,10,16H,2,5H2,1H3. The predicted octanol–water partition coefficient (Wildman–Crippen LogP) is 2.18. The van der Waals surface area contributed by atoms with Gasteiger partial charge in [0.25, 0.3) is 0 Å². The maximum absolute atomic E-state index is 12.2. The van der Waals surface area contributed by atoms with Crippen molar-refractivity contribution in [1.82, 2.24) is 4.72 Å². The van der Waals surface area contributed by atoms with Gasteiger partial charge in [-0.25, -0.2) is 13.1 Å². The predicted molar refractivity (Wildman–Crippen MR) is 70.8 cm³/mol. The molecule has 7 heteroatoms. The van der Waals surface area contributed by atoms with Crippen LogP contribution >= 0.6 is 11.6 Å². The van der Waals surface area contributed by atoms with E-state index in [0.717, 1.165) is 0 Å². The summed E-state index contributed by atoms with van der Waals surface area (Å²) in [6, 6.07) is 7.31. The summed E-state index contributed by atoms with van der Waals surface area (Å²) in [5, 5.41) is 17.4. The van der Waals surface area contributed by atoms with Crippen molar-refractivity contribution in [2.24, 2.45) is 0 Å². The molecule has 0 saturated heterocycles. The van der Waals surface area contributed by atoms with E-state index in [2.05, 4.69) is 4.72 Å². The Hall–Kier alpha value is -1.60. The number of rotatable bonds is 5. The van der Waals surface area contributed by atoms with Gasteiger partial charge in [-0.05, 0) is 24.6 Å². The third-order valence-corrected chi connectivity index (χ3v) is 4.50. The largest absolute Gasteiger partial charge is 0.242 e. The van der Waals surface area contributed by atoms with Crippen LogP contribution in [0.25, 0.3) is 0 Å². The highest BCUT2D eigenvalue weighted by atomic mass is 35.5. The Bertz CT molecular complexity index is 644. The number of hydrogen-bond donors (Lipinski definition) is 1.